The topological polar surface area (TPSA) is 32.3 Å². The van der Waals surface area contributed by atoms with Gasteiger partial charge in [0.25, 0.3) is 0 Å². The van der Waals surface area contributed by atoms with Crippen LogP contribution in [0.5, 0.6) is 0 Å². The average Bonchev–Trinajstić information content (AvgIpc) is 2.68. The molecular weight excluding hydrogens is 174 g/mol. The van der Waals surface area contributed by atoms with Gasteiger partial charge in [0.2, 0.25) is 0 Å². The number of benzene rings is 1. The van der Waals surface area contributed by atoms with Crippen molar-refractivity contribution in [2.24, 2.45) is 0 Å². The lowest BCUT2D eigenvalue weighted by Crippen LogP contribution is -2.40. The normalized spacial score (nSPS) is 26.7. The standard InChI is InChI=1S/C12H17NO/c1-10-3-5-11(6-4-10)12(9-14)7-2-8-13-12/h3-6,13-14H,2,7-9H2,1H3. The summed E-state index contributed by atoms with van der Waals surface area (Å²) in [4.78, 5) is 0. The molecule has 0 amide bonds. The minimum atomic E-state index is -0.173. The predicted octanol–water partition coefficient (Wildman–Crippen LogP) is 1.57. The first-order valence-corrected chi connectivity index (χ1v) is 5.20. The lowest BCUT2D eigenvalue weighted by molar-refractivity contribution is 0.178. The summed E-state index contributed by atoms with van der Waals surface area (Å²) in [6, 6.07) is 8.44. The first-order chi connectivity index (χ1) is 6.77. The molecule has 1 fully saturated rings. The number of aryl methyl sites for hydroxylation is 1. The Labute approximate surface area is 85.0 Å². The van der Waals surface area contributed by atoms with Gasteiger partial charge in [0, 0.05) is 0 Å². The van der Waals surface area contributed by atoms with Gasteiger partial charge in [-0.25, -0.2) is 0 Å². The van der Waals surface area contributed by atoms with Crippen LogP contribution in [0.2, 0.25) is 0 Å². The van der Waals surface area contributed by atoms with Crippen molar-refractivity contribution in [3.63, 3.8) is 0 Å². The fourth-order valence-electron chi connectivity index (χ4n) is 2.15. The van der Waals surface area contributed by atoms with Crippen molar-refractivity contribution in [2.75, 3.05) is 13.2 Å². The number of hydrogen-bond acceptors (Lipinski definition) is 2. The Balaban J connectivity index is 2.31. The first kappa shape index (κ1) is 9.69. The predicted molar refractivity (Wildman–Crippen MR) is 57.2 cm³/mol. The third-order valence-electron chi connectivity index (χ3n) is 3.12. The van der Waals surface area contributed by atoms with Crippen LogP contribution in [0.4, 0.5) is 0 Å². The van der Waals surface area contributed by atoms with Crippen molar-refractivity contribution in [3.05, 3.63) is 35.4 Å². The molecule has 0 aliphatic carbocycles. The number of rotatable bonds is 2. The zero-order chi connectivity index (χ0) is 10.0. The molecule has 2 nitrogen and oxygen atoms in total. The van der Waals surface area contributed by atoms with E-state index in [0.29, 0.717) is 0 Å². The zero-order valence-corrected chi connectivity index (χ0v) is 8.59. The minimum Gasteiger partial charge on any atom is -0.394 e. The fourth-order valence-corrected chi connectivity index (χ4v) is 2.15. The van der Waals surface area contributed by atoms with Gasteiger partial charge in [-0.2, -0.15) is 0 Å². The Bertz CT molecular complexity index is 299. The molecule has 1 heterocycles. The van der Waals surface area contributed by atoms with Gasteiger partial charge in [0.05, 0.1) is 12.1 Å². The molecule has 1 atom stereocenters. The summed E-state index contributed by atoms with van der Waals surface area (Å²) in [5.41, 5.74) is 2.30. The molecule has 1 aliphatic rings. The molecule has 0 radical (unpaired) electrons. The van der Waals surface area contributed by atoms with Crippen molar-refractivity contribution < 1.29 is 5.11 Å². The molecule has 0 aromatic heterocycles. The minimum absolute atomic E-state index is 0.173. The Kier molecular flexibility index (Phi) is 2.57. The SMILES string of the molecule is Cc1ccc(C2(CO)CCCN2)cc1. The second kappa shape index (κ2) is 3.71. The lowest BCUT2D eigenvalue weighted by atomic mass is 9.89. The van der Waals surface area contributed by atoms with E-state index in [0.717, 1.165) is 19.4 Å². The summed E-state index contributed by atoms with van der Waals surface area (Å²) in [7, 11) is 0. The van der Waals surface area contributed by atoms with Crippen molar-refractivity contribution in [3.8, 4) is 0 Å². The van der Waals surface area contributed by atoms with Crippen LogP contribution in [-0.4, -0.2) is 18.3 Å². The molecule has 1 aliphatic heterocycles. The number of aliphatic hydroxyl groups excluding tert-OH is 1. The number of nitrogens with one attached hydrogen (secondary N) is 1. The Morgan fingerprint density at radius 1 is 1.36 bits per heavy atom. The van der Waals surface area contributed by atoms with Crippen molar-refractivity contribution in [1.29, 1.82) is 0 Å². The smallest absolute Gasteiger partial charge is 0.0669 e. The number of hydrogen-bond donors (Lipinski definition) is 2. The highest BCUT2D eigenvalue weighted by Gasteiger charge is 2.34. The summed E-state index contributed by atoms with van der Waals surface area (Å²) in [6.45, 7) is 3.28. The van der Waals surface area contributed by atoms with Crippen molar-refractivity contribution >= 4 is 0 Å². The third kappa shape index (κ3) is 1.56. The molecule has 76 valence electrons. The van der Waals surface area contributed by atoms with Crippen LogP contribution in [-0.2, 0) is 5.54 Å². The van der Waals surface area contributed by atoms with Gasteiger partial charge in [-0.15, -0.1) is 0 Å². The van der Waals surface area contributed by atoms with Crippen LogP contribution in [0.15, 0.2) is 24.3 Å². The molecule has 1 aromatic rings. The van der Waals surface area contributed by atoms with Gasteiger partial charge in [0.1, 0.15) is 0 Å². The fraction of sp³-hybridized carbons (Fsp3) is 0.500. The van der Waals surface area contributed by atoms with Gasteiger partial charge in [0.15, 0.2) is 0 Å². The summed E-state index contributed by atoms with van der Waals surface area (Å²) in [5.74, 6) is 0. The molecule has 0 bridgehead atoms. The monoisotopic (exact) mass is 191 g/mol. The van der Waals surface area contributed by atoms with Gasteiger partial charge >= 0.3 is 0 Å². The maximum absolute atomic E-state index is 9.48. The lowest BCUT2D eigenvalue weighted by Gasteiger charge is -2.27. The molecule has 1 unspecified atom stereocenters. The summed E-state index contributed by atoms with van der Waals surface area (Å²) >= 11 is 0. The van der Waals surface area contributed by atoms with E-state index in [2.05, 4.69) is 36.5 Å². The van der Waals surface area contributed by atoms with Crippen LogP contribution in [0, 0.1) is 6.92 Å². The molecule has 14 heavy (non-hydrogen) atoms. The largest absolute Gasteiger partial charge is 0.394 e. The van der Waals surface area contributed by atoms with E-state index < -0.39 is 0 Å². The summed E-state index contributed by atoms with van der Waals surface area (Å²) in [6.07, 6.45) is 2.18. The van der Waals surface area contributed by atoms with Crippen LogP contribution in [0.1, 0.15) is 24.0 Å². The van der Waals surface area contributed by atoms with Gasteiger partial charge in [-0.1, -0.05) is 29.8 Å². The highest BCUT2D eigenvalue weighted by molar-refractivity contribution is 5.29. The van der Waals surface area contributed by atoms with E-state index in [9.17, 15) is 5.11 Å². The maximum atomic E-state index is 9.48. The van der Waals surface area contributed by atoms with E-state index in [-0.39, 0.29) is 12.1 Å². The second-order valence-corrected chi connectivity index (χ2v) is 4.14. The Morgan fingerprint density at radius 3 is 2.57 bits per heavy atom. The molecule has 0 spiro atoms. The average molecular weight is 191 g/mol. The number of aliphatic hydroxyl groups is 1. The maximum Gasteiger partial charge on any atom is 0.0669 e. The van der Waals surface area contributed by atoms with Crippen LogP contribution >= 0.6 is 0 Å². The van der Waals surface area contributed by atoms with Crippen molar-refractivity contribution in [1.82, 2.24) is 5.32 Å². The molecule has 2 rings (SSSR count). The van der Waals surface area contributed by atoms with Gasteiger partial charge in [-0.05, 0) is 31.9 Å². The van der Waals surface area contributed by atoms with E-state index in [1.165, 1.54) is 11.1 Å². The zero-order valence-electron chi connectivity index (χ0n) is 8.59. The molecule has 2 heteroatoms. The van der Waals surface area contributed by atoms with Gasteiger partial charge < -0.3 is 10.4 Å². The highest BCUT2D eigenvalue weighted by atomic mass is 16.3. The summed E-state index contributed by atoms with van der Waals surface area (Å²) in [5, 5.41) is 12.9. The molecule has 1 aromatic carbocycles. The van der Waals surface area contributed by atoms with Crippen LogP contribution in [0.25, 0.3) is 0 Å². The molecule has 2 N–H and O–H groups in total. The Morgan fingerprint density at radius 2 is 2.07 bits per heavy atom. The van der Waals surface area contributed by atoms with Gasteiger partial charge in [-0.3, -0.25) is 0 Å². The van der Waals surface area contributed by atoms with Crippen LogP contribution < -0.4 is 5.32 Å². The van der Waals surface area contributed by atoms with E-state index in [1.807, 2.05) is 0 Å². The third-order valence-corrected chi connectivity index (χ3v) is 3.12. The quantitative estimate of drug-likeness (QED) is 0.743. The van der Waals surface area contributed by atoms with E-state index in [4.69, 9.17) is 0 Å². The summed E-state index contributed by atoms with van der Waals surface area (Å²) < 4.78 is 0. The first-order valence-electron chi connectivity index (χ1n) is 5.20. The molecule has 0 saturated carbocycles. The van der Waals surface area contributed by atoms with Crippen molar-refractivity contribution in [2.45, 2.75) is 25.3 Å². The Hall–Kier alpha value is -0.860. The molecular formula is C12H17NO. The van der Waals surface area contributed by atoms with E-state index in [1.54, 1.807) is 0 Å². The van der Waals surface area contributed by atoms with Crippen LogP contribution in [0.3, 0.4) is 0 Å². The van der Waals surface area contributed by atoms with E-state index >= 15 is 0 Å². The highest BCUT2D eigenvalue weighted by Crippen LogP contribution is 2.30. The second-order valence-electron chi connectivity index (χ2n) is 4.14. The molecule has 1 saturated heterocycles.